The monoisotopic (exact) mass is 263 g/mol. The van der Waals surface area contributed by atoms with Crippen molar-refractivity contribution in [1.82, 2.24) is 4.57 Å². The summed E-state index contributed by atoms with van der Waals surface area (Å²) in [5.41, 5.74) is 1.86. The van der Waals surface area contributed by atoms with Gasteiger partial charge in [0, 0.05) is 18.0 Å². The highest BCUT2D eigenvalue weighted by Crippen LogP contribution is 2.13. The number of halogens is 1. The molecule has 19 heavy (non-hydrogen) atoms. The SMILES string of the molecule is CCF.COc1ccc(-n2cc(C)ccc2=O)cc1. The highest BCUT2D eigenvalue weighted by Gasteiger charge is 1.99. The zero-order valence-corrected chi connectivity index (χ0v) is 11.4. The van der Waals surface area contributed by atoms with Gasteiger partial charge in [-0.25, -0.2) is 0 Å². The number of alkyl halides is 1. The summed E-state index contributed by atoms with van der Waals surface area (Å²) in [6, 6.07) is 10.8. The zero-order valence-electron chi connectivity index (χ0n) is 11.4. The molecule has 0 aliphatic heterocycles. The summed E-state index contributed by atoms with van der Waals surface area (Å²) in [6.07, 6.45) is 1.82. The first-order chi connectivity index (χ1) is 9.12. The number of methoxy groups -OCH3 is 1. The first-order valence-electron chi connectivity index (χ1n) is 6.02. The second-order valence-electron chi connectivity index (χ2n) is 3.88. The number of rotatable bonds is 2. The lowest BCUT2D eigenvalue weighted by Crippen LogP contribution is -2.16. The fraction of sp³-hybridized carbons (Fsp3) is 0.267. The summed E-state index contributed by atoms with van der Waals surface area (Å²) in [4.78, 5) is 11.7. The van der Waals surface area contributed by atoms with Gasteiger partial charge in [-0.3, -0.25) is 13.8 Å². The summed E-state index contributed by atoms with van der Waals surface area (Å²) in [5, 5.41) is 0. The van der Waals surface area contributed by atoms with Crippen molar-refractivity contribution in [2.75, 3.05) is 13.8 Å². The van der Waals surface area contributed by atoms with Gasteiger partial charge in [0.25, 0.3) is 5.56 Å². The molecule has 2 aromatic rings. The third-order valence-corrected chi connectivity index (χ3v) is 2.41. The molecule has 0 saturated carbocycles. The van der Waals surface area contributed by atoms with Crippen LogP contribution in [0.2, 0.25) is 0 Å². The summed E-state index contributed by atoms with van der Waals surface area (Å²) < 4.78 is 17.0. The largest absolute Gasteiger partial charge is 0.497 e. The van der Waals surface area contributed by atoms with Crippen LogP contribution in [0.15, 0.2) is 47.4 Å². The summed E-state index contributed by atoms with van der Waals surface area (Å²) in [5.74, 6) is 0.782. The average Bonchev–Trinajstić information content (AvgIpc) is 2.43. The number of hydrogen-bond donors (Lipinski definition) is 0. The molecule has 0 radical (unpaired) electrons. The Bertz CT molecular complexity index is 561. The van der Waals surface area contributed by atoms with Gasteiger partial charge >= 0.3 is 0 Å². The minimum Gasteiger partial charge on any atom is -0.497 e. The third kappa shape index (κ3) is 4.25. The molecule has 1 aromatic heterocycles. The number of hydrogen-bond acceptors (Lipinski definition) is 2. The van der Waals surface area contributed by atoms with Crippen LogP contribution in [0, 0.1) is 6.92 Å². The molecule has 0 N–H and O–H groups in total. The van der Waals surface area contributed by atoms with Crippen LogP contribution in [-0.4, -0.2) is 18.4 Å². The van der Waals surface area contributed by atoms with E-state index < -0.39 is 0 Å². The van der Waals surface area contributed by atoms with E-state index in [4.69, 9.17) is 4.74 Å². The number of benzene rings is 1. The Morgan fingerprint density at radius 3 is 2.26 bits per heavy atom. The van der Waals surface area contributed by atoms with Gasteiger partial charge in [-0.05, 0) is 43.7 Å². The Balaban J connectivity index is 0.000000550. The summed E-state index contributed by atoms with van der Waals surface area (Å²) in [7, 11) is 1.62. The molecule has 3 nitrogen and oxygen atoms in total. The van der Waals surface area contributed by atoms with Gasteiger partial charge in [0.15, 0.2) is 0 Å². The minimum absolute atomic E-state index is 0.0317. The molecule has 1 aromatic carbocycles. The van der Waals surface area contributed by atoms with E-state index in [2.05, 4.69) is 0 Å². The van der Waals surface area contributed by atoms with Crippen LogP contribution in [0.5, 0.6) is 5.75 Å². The van der Waals surface area contributed by atoms with Gasteiger partial charge in [0.05, 0.1) is 13.8 Å². The lowest BCUT2D eigenvalue weighted by molar-refractivity contribution is 0.414. The predicted octanol–water partition coefficient (Wildman–Crippen LogP) is 3.13. The molecular weight excluding hydrogens is 245 g/mol. The maximum absolute atomic E-state index is 11.7. The van der Waals surface area contributed by atoms with Crippen LogP contribution in [-0.2, 0) is 0 Å². The molecule has 0 saturated heterocycles. The first-order valence-corrected chi connectivity index (χ1v) is 6.02. The second kappa shape index (κ2) is 7.36. The van der Waals surface area contributed by atoms with Crippen LogP contribution >= 0.6 is 0 Å². The Hall–Kier alpha value is -2.10. The quantitative estimate of drug-likeness (QED) is 0.833. The van der Waals surface area contributed by atoms with Crippen molar-refractivity contribution in [3.05, 3.63) is 58.5 Å². The molecule has 0 fully saturated rings. The van der Waals surface area contributed by atoms with E-state index in [1.165, 1.54) is 6.92 Å². The van der Waals surface area contributed by atoms with Crippen molar-refractivity contribution in [1.29, 1.82) is 0 Å². The Morgan fingerprint density at radius 2 is 1.74 bits per heavy atom. The van der Waals surface area contributed by atoms with E-state index in [1.54, 1.807) is 17.7 Å². The molecule has 0 bridgehead atoms. The van der Waals surface area contributed by atoms with Gasteiger partial charge in [-0.1, -0.05) is 6.07 Å². The van der Waals surface area contributed by atoms with Gasteiger partial charge in [-0.2, -0.15) is 0 Å². The normalized spacial score (nSPS) is 9.47. The molecule has 2 rings (SSSR count). The van der Waals surface area contributed by atoms with E-state index in [1.807, 2.05) is 43.5 Å². The fourth-order valence-corrected chi connectivity index (χ4v) is 1.54. The first kappa shape index (κ1) is 15.0. The van der Waals surface area contributed by atoms with E-state index in [9.17, 15) is 9.18 Å². The number of ether oxygens (including phenoxy) is 1. The summed E-state index contributed by atoms with van der Waals surface area (Å²) >= 11 is 0. The molecule has 0 spiro atoms. The Labute approximate surface area is 112 Å². The molecule has 0 atom stereocenters. The maximum atomic E-state index is 11.7. The van der Waals surface area contributed by atoms with Crippen LogP contribution in [0.4, 0.5) is 4.39 Å². The van der Waals surface area contributed by atoms with Crippen LogP contribution in [0.3, 0.4) is 0 Å². The van der Waals surface area contributed by atoms with E-state index in [0.29, 0.717) is 0 Å². The number of nitrogens with zero attached hydrogens (tertiary/aromatic N) is 1. The van der Waals surface area contributed by atoms with E-state index in [-0.39, 0.29) is 12.2 Å². The smallest absolute Gasteiger partial charge is 0.255 e. The molecule has 0 aliphatic carbocycles. The van der Waals surface area contributed by atoms with Gasteiger partial charge in [0.2, 0.25) is 0 Å². The van der Waals surface area contributed by atoms with Crippen LogP contribution in [0.1, 0.15) is 12.5 Å². The number of pyridine rings is 1. The van der Waals surface area contributed by atoms with Crippen LogP contribution in [0.25, 0.3) is 5.69 Å². The van der Waals surface area contributed by atoms with Crippen LogP contribution < -0.4 is 10.3 Å². The Morgan fingerprint density at radius 1 is 1.16 bits per heavy atom. The van der Waals surface area contributed by atoms with E-state index in [0.717, 1.165) is 17.0 Å². The van der Waals surface area contributed by atoms with Crippen molar-refractivity contribution in [3.8, 4) is 11.4 Å². The highest BCUT2D eigenvalue weighted by atomic mass is 19.1. The third-order valence-electron chi connectivity index (χ3n) is 2.41. The van der Waals surface area contributed by atoms with Gasteiger partial charge < -0.3 is 4.74 Å². The minimum atomic E-state index is -0.250. The molecule has 0 unspecified atom stereocenters. The highest BCUT2D eigenvalue weighted by molar-refractivity contribution is 5.38. The standard InChI is InChI=1S/C13H13NO2.C2H5F/c1-10-3-8-13(15)14(9-10)11-4-6-12(16-2)7-5-11;1-2-3/h3-9H,1-2H3;2H2,1H3. The Kier molecular flexibility index (Phi) is 5.79. The van der Waals surface area contributed by atoms with Gasteiger partial charge in [-0.15, -0.1) is 0 Å². The lowest BCUT2D eigenvalue weighted by atomic mass is 10.2. The number of aromatic nitrogens is 1. The molecule has 0 amide bonds. The molecule has 102 valence electrons. The molecule has 4 heteroatoms. The summed E-state index contributed by atoms with van der Waals surface area (Å²) in [6.45, 7) is 3.17. The zero-order chi connectivity index (χ0) is 14.3. The topological polar surface area (TPSA) is 31.2 Å². The number of aryl methyl sites for hydroxylation is 1. The molecule has 1 heterocycles. The van der Waals surface area contributed by atoms with Gasteiger partial charge in [0.1, 0.15) is 5.75 Å². The second-order valence-corrected chi connectivity index (χ2v) is 3.88. The fourth-order valence-electron chi connectivity index (χ4n) is 1.54. The molecular formula is C15H18FNO2. The van der Waals surface area contributed by atoms with Crippen molar-refractivity contribution in [2.45, 2.75) is 13.8 Å². The lowest BCUT2D eigenvalue weighted by Gasteiger charge is -2.07. The molecule has 0 aliphatic rings. The van der Waals surface area contributed by atoms with Crippen molar-refractivity contribution >= 4 is 0 Å². The van der Waals surface area contributed by atoms with Crippen molar-refractivity contribution < 1.29 is 9.13 Å². The van der Waals surface area contributed by atoms with Crippen molar-refractivity contribution in [3.63, 3.8) is 0 Å². The average molecular weight is 263 g/mol. The predicted molar refractivity (Wildman–Crippen MR) is 75.0 cm³/mol. The van der Waals surface area contributed by atoms with Crippen molar-refractivity contribution in [2.24, 2.45) is 0 Å². The van der Waals surface area contributed by atoms with E-state index >= 15 is 0 Å². The maximum Gasteiger partial charge on any atom is 0.255 e.